The number of halogens is 8. The quantitative estimate of drug-likeness (QED) is 0.337. The van der Waals surface area contributed by atoms with E-state index in [1.165, 1.54) is 0 Å². The first-order valence-corrected chi connectivity index (χ1v) is 4.12. The van der Waals surface area contributed by atoms with Gasteiger partial charge >= 0.3 is 35.5 Å². The minimum atomic E-state index is -7.08. The maximum atomic E-state index is 12.8. The van der Waals surface area contributed by atoms with Gasteiger partial charge in [0.15, 0.2) is 0 Å². The normalized spacial score (nSPS) is 13.9. The molecule has 0 aromatic heterocycles. The number of carbonyl (C=O) groups excluding carboxylic acids is 2. The van der Waals surface area contributed by atoms with Crippen LogP contribution in [0.1, 0.15) is 0 Å². The molecule has 0 atom stereocenters. The standard InChI is InChI=1S/C6H4F8N2O4/c7-3(8,1(17)15-19)5(11,12)6(13,14)4(9,10)2(18)16-20/h19-20H,(H,15,17)(H,16,18). The van der Waals surface area contributed by atoms with Crippen LogP contribution in [0.4, 0.5) is 35.1 Å². The topological polar surface area (TPSA) is 98.7 Å². The van der Waals surface area contributed by atoms with Gasteiger partial charge in [0, 0.05) is 0 Å². The molecule has 2 amide bonds. The van der Waals surface area contributed by atoms with Gasteiger partial charge in [0.1, 0.15) is 0 Å². The Morgan fingerprint density at radius 3 is 1.00 bits per heavy atom. The van der Waals surface area contributed by atoms with E-state index in [1.807, 2.05) is 0 Å². The second kappa shape index (κ2) is 5.01. The largest absolute Gasteiger partial charge is 0.394 e. The summed E-state index contributed by atoms with van der Waals surface area (Å²) in [5, 5.41) is 15.4. The van der Waals surface area contributed by atoms with E-state index in [4.69, 9.17) is 10.4 Å². The molecular formula is C6H4F8N2O4. The summed E-state index contributed by atoms with van der Waals surface area (Å²) in [5.41, 5.74) is -0.238. The Morgan fingerprint density at radius 2 is 0.850 bits per heavy atom. The lowest BCUT2D eigenvalue weighted by molar-refractivity contribution is -0.349. The molecule has 0 spiro atoms. The second-order valence-electron chi connectivity index (χ2n) is 3.18. The van der Waals surface area contributed by atoms with Crippen molar-refractivity contribution in [1.29, 1.82) is 0 Å². The summed E-state index contributed by atoms with van der Waals surface area (Å²) in [4.78, 5) is 20.3. The fraction of sp³-hybridized carbons (Fsp3) is 0.667. The summed E-state index contributed by atoms with van der Waals surface area (Å²) in [6, 6.07) is 0. The maximum Gasteiger partial charge on any atom is 0.394 e. The van der Waals surface area contributed by atoms with Gasteiger partial charge < -0.3 is 0 Å². The van der Waals surface area contributed by atoms with Gasteiger partial charge in [-0.15, -0.1) is 0 Å². The molecule has 0 aliphatic carbocycles. The van der Waals surface area contributed by atoms with Gasteiger partial charge in [0.05, 0.1) is 0 Å². The average Bonchev–Trinajstić information content (AvgIpc) is 2.35. The summed E-state index contributed by atoms with van der Waals surface area (Å²) in [5.74, 6) is -34.0. The third kappa shape index (κ3) is 2.24. The molecule has 6 nitrogen and oxygen atoms in total. The molecule has 0 aromatic carbocycles. The van der Waals surface area contributed by atoms with Crippen molar-refractivity contribution in [3.05, 3.63) is 0 Å². The van der Waals surface area contributed by atoms with Crippen molar-refractivity contribution in [3.63, 3.8) is 0 Å². The highest BCUT2D eigenvalue weighted by atomic mass is 19.4. The van der Waals surface area contributed by atoms with Crippen LogP contribution in [0.3, 0.4) is 0 Å². The van der Waals surface area contributed by atoms with Crippen molar-refractivity contribution >= 4 is 11.8 Å². The summed E-state index contributed by atoms with van der Waals surface area (Å²) in [6.07, 6.45) is 0. The molecule has 0 fully saturated rings. The SMILES string of the molecule is O=C(NO)C(F)(F)C(F)(F)C(F)(F)C(F)(F)C(=O)NO. The number of hydrogen-bond donors (Lipinski definition) is 4. The number of alkyl halides is 8. The van der Waals surface area contributed by atoms with Crippen LogP contribution < -0.4 is 11.0 Å². The van der Waals surface area contributed by atoms with Crippen LogP contribution in [0.15, 0.2) is 0 Å². The smallest absolute Gasteiger partial charge is 0.288 e. The molecule has 20 heavy (non-hydrogen) atoms. The molecule has 4 N–H and O–H groups in total. The van der Waals surface area contributed by atoms with Crippen LogP contribution in [0.25, 0.3) is 0 Å². The zero-order valence-electron chi connectivity index (χ0n) is 8.73. The minimum absolute atomic E-state index is 0.119. The van der Waals surface area contributed by atoms with Crippen molar-refractivity contribution in [3.8, 4) is 0 Å². The highest BCUT2D eigenvalue weighted by Gasteiger charge is 2.84. The number of carbonyl (C=O) groups is 2. The third-order valence-corrected chi connectivity index (χ3v) is 1.96. The lowest BCUT2D eigenvalue weighted by Gasteiger charge is -2.34. The van der Waals surface area contributed by atoms with Crippen LogP contribution in [0.2, 0.25) is 0 Å². The van der Waals surface area contributed by atoms with Gasteiger partial charge in [-0.1, -0.05) is 0 Å². The first-order valence-electron chi connectivity index (χ1n) is 4.12. The lowest BCUT2D eigenvalue weighted by Crippen LogP contribution is -2.68. The van der Waals surface area contributed by atoms with E-state index in [0.717, 1.165) is 0 Å². The Hall–Kier alpha value is -1.70. The van der Waals surface area contributed by atoms with Gasteiger partial charge in [-0.05, 0) is 0 Å². The molecule has 0 rings (SSSR count). The van der Waals surface area contributed by atoms with Crippen molar-refractivity contribution in [2.24, 2.45) is 0 Å². The molecule has 14 heteroatoms. The second-order valence-corrected chi connectivity index (χ2v) is 3.18. The molecule has 0 aliphatic heterocycles. The predicted octanol–water partition coefficient (Wildman–Crippen LogP) is 0.538. The van der Waals surface area contributed by atoms with Gasteiger partial charge in [-0.3, -0.25) is 20.0 Å². The molecular weight excluding hydrogens is 316 g/mol. The highest BCUT2D eigenvalue weighted by Crippen LogP contribution is 2.52. The highest BCUT2D eigenvalue weighted by molar-refractivity contribution is 5.86. The molecule has 0 heterocycles. The molecule has 0 saturated carbocycles. The fourth-order valence-electron chi connectivity index (χ4n) is 0.820. The molecule has 0 saturated heterocycles. The maximum absolute atomic E-state index is 12.8. The van der Waals surface area contributed by atoms with Gasteiger partial charge in [-0.2, -0.15) is 35.1 Å². The van der Waals surface area contributed by atoms with Gasteiger partial charge in [0.2, 0.25) is 0 Å². The van der Waals surface area contributed by atoms with Crippen LogP contribution in [0.5, 0.6) is 0 Å². The molecule has 0 radical (unpaired) electrons. The van der Waals surface area contributed by atoms with E-state index < -0.39 is 35.5 Å². The summed E-state index contributed by atoms with van der Waals surface area (Å²) in [7, 11) is 0. The van der Waals surface area contributed by atoms with Crippen LogP contribution in [-0.2, 0) is 9.59 Å². The Bertz CT molecular complexity index is 374. The average molecular weight is 320 g/mol. The van der Waals surface area contributed by atoms with Crippen molar-refractivity contribution in [2.45, 2.75) is 23.7 Å². The molecule has 0 unspecified atom stereocenters. The zero-order chi connectivity index (χ0) is 16.6. The number of hydrogen-bond acceptors (Lipinski definition) is 4. The number of hydroxylamine groups is 2. The Balaban J connectivity index is 5.92. The van der Waals surface area contributed by atoms with E-state index in [9.17, 15) is 44.7 Å². The Morgan fingerprint density at radius 1 is 0.650 bits per heavy atom. The zero-order valence-corrected chi connectivity index (χ0v) is 8.73. The molecule has 0 aromatic rings. The van der Waals surface area contributed by atoms with Crippen LogP contribution in [0, 0.1) is 0 Å². The van der Waals surface area contributed by atoms with Crippen LogP contribution in [-0.4, -0.2) is 45.9 Å². The van der Waals surface area contributed by atoms with Gasteiger partial charge in [-0.25, -0.2) is 11.0 Å². The molecule has 0 bridgehead atoms. The summed E-state index contributed by atoms with van der Waals surface area (Å²) < 4.78 is 102. The third-order valence-electron chi connectivity index (χ3n) is 1.96. The van der Waals surface area contributed by atoms with Crippen molar-refractivity contribution < 1.29 is 55.1 Å². The fourth-order valence-corrected chi connectivity index (χ4v) is 0.820. The van der Waals surface area contributed by atoms with E-state index in [-0.39, 0.29) is 11.0 Å². The summed E-state index contributed by atoms with van der Waals surface area (Å²) >= 11 is 0. The van der Waals surface area contributed by atoms with Crippen molar-refractivity contribution in [1.82, 2.24) is 11.0 Å². The van der Waals surface area contributed by atoms with E-state index in [1.54, 1.807) is 0 Å². The summed E-state index contributed by atoms with van der Waals surface area (Å²) in [6.45, 7) is 0. The van der Waals surface area contributed by atoms with E-state index in [2.05, 4.69) is 0 Å². The first-order chi connectivity index (χ1) is 8.71. The predicted molar refractivity (Wildman–Crippen MR) is 39.6 cm³/mol. The monoisotopic (exact) mass is 320 g/mol. The van der Waals surface area contributed by atoms with Crippen LogP contribution >= 0.6 is 0 Å². The Kier molecular flexibility index (Phi) is 4.58. The number of amides is 2. The molecule has 0 aliphatic rings. The van der Waals surface area contributed by atoms with E-state index in [0.29, 0.717) is 0 Å². The Labute approximate surface area is 103 Å². The number of rotatable bonds is 5. The number of nitrogens with one attached hydrogen (secondary N) is 2. The lowest BCUT2D eigenvalue weighted by atomic mass is 9.97. The first kappa shape index (κ1) is 18.3. The minimum Gasteiger partial charge on any atom is -0.288 e. The van der Waals surface area contributed by atoms with Crippen molar-refractivity contribution in [2.75, 3.05) is 0 Å². The molecule has 118 valence electrons. The van der Waals surface area contributed by atoms with Gasteiger partial charge in [0.25, 0.3) is 0 Å². The van der Waals surface area contributed by atoms with E-state index >= 15 is 0 Å².